The fourth-order valence-corrected chi connectivity index (χ4v) is 8.08. The summed E-state index contributed by atoms with van der Waals surface area (Å²) < 4.78 is 12.1. The Bertz CT molecular complexity index is 2370. The van der Waals surface area contributed by atoms with Crippen LogP contribution < -0.4 is 21.4 Å². The molecule has 5 amide bonds. The van der Waals surface area contributed by atoms with Crippen LogP contribution in [0.5, 0.6) is 0 Å². The highest BCUT2D eigenvalue weighted by atomic mass is 35.5. The van der Waals surface area contributed by atoms with Crippen LogP contribution in [-0.4, -0.2) is 78.8 Å². The van der Waals surface area contributed by atoms with Crippen molar-refractivity contribution in [2.45, 2.75) is 64.2 Å². The average molecular weight is 898 g/mol. The molecule has 0 radical (unpaired) electrons. The molecule has 4 N–H and O–H groups in total. The van der Waals surface area contributed by atoms with Gasteiger partial charge in [-0.25, -0.2) is 9.80 Å². The molecule has 0 aliphatic rings. The van der Waals surface area contributed by atoms with Crippen molar-refractivity contribution >= 4 is 46.1 Å². The number of fused-ring (bicyclic) bond motifs is 1. The van der Waals surface area contributed by atoms with E-state index in [0.29, 0.717) is 18.2 Å². The summed E-state index contributed by atoms with van der Waals surface area (Å²) in [6.07, 6.45) is -1.26. The van der Waals surface area contributed by atoms with Crippen LogP contribution in [-0.2, 0) is 42.5 Å². The largest absolute Gasteiger partial charge is 0.351 e. The highest BCUT2D eigenvalue weighted by molar-refractivity contribution is 6.30. The van der Waals surface area contributed by atoms with Crippen molar-refractivity contribution in [1.29, 1.82) is 0 Å². The Morgan fingerprint density at radius 3 is 1.78 bits per heavy atom. The number of benzene rings is 6. The van der Waals surface area contributed by atoms with Crippen molar-refractivity contribution in [3.05, 3.63) is 191 Å². The molecule has 2 atom stereocenters. The number of hydrazine groups is 1. The van der Waals surface area contributed by atoms with Crippen LogP contribution in [0, 0.1) is 0 Å². The Balaban J connectivity index is 1.34. The summed E-state index contributed by atoms with van der Waals surface area (Å²) >= 11 is 6.01. The van der Waals surface area contributed by atoms with Crippen molar-refractivity contribution in [1.82, 2.24) is 31.3 Å². The lowest BCUT2D eigenvalue weighted by Gasteiger charge is -2.38. The molecule has 0 spiro atoms. The molecule has 6 rings (SSSR count). The summed E-state index contributed by atoms with van der Waals surface area (Å²) in [7, 11) is 1.53. The minimum absolute atomic E-state index is 0.114. The Labute approximate surface area is 386 Å². The van der Waals surface area contributed by atoms with Crippen molar-refractivity contribution in [3.63, 3.8) is 0 Å². The summed E-state index contributed by atoms with van der Waals surface area (Å²) in [5.41, 5.74) is 5.53. The molecule has 338 valence electrons. The molecule has 0 bridgehead atoms. The average Bonchev–Trinajstić information content (AvgIpc) is 3.32. The van der Waals surface area contributed by atoms with E-state index in [1.165, 1.54) is 12.1 Å². The van der Waals surface area contributed by atoms with Gasteiger partial charge in [0, 0.05) is 38.4 Å². The second kappa shape index (κ2) is 23.4. The Morgan fingerprint density at radius 1 is 0.677 bits per heavy atom. The van der Waals surface area contributed by atoms with Gasteiger partial charge in [-0.05, 0) is 71.5 Å². The van der Waals surface area contributed by atoms with E-state index in [1.54, 1.807) is 29.2 Å². The van der Waals surface area contributed by atoms with Gasteiger partial charge in [0.25, 0.3) is 0 Å². The molecule has 13 heteroatoms. The molecule has 6 aromatic carbocycles. The smallest absolute Gasteiger partial charge is 0.329 e. The third-order valence-electron chi connectivity index (χ3n) is 11.1. The maximum absolute atomic E-state index is 15.4. The second-order valence-electron chi connectivity index (χ2n) is 15.6. The van der Waals surface area contributed by atoms with Gasteiger partial charge in [-0.15, -0.1) is 0 Å². The predicted octanol–water partition coefficient (Wildman–Crippen LogP) is 7.94. The SMILES string of the molecule is CCOC(OCC)C(C)N(Cc1cccc2ccccc12)C(=O)C(CC(=O)NC(c1ccccc1)(c1ccccc1)c1ccccc1)NC(=O)CN(C)NC(=O)NCc1ccc(Cl)cc1. The van der Waals surface area contributed by atoms with Gasteiger partial charge in [-0.1, -0.05) is 157 Å². The molecule has 2 unspecified atom stereocenters. The zero-order chi connectivity index (χ0) is 46.2. The van der Waals surface area contributed by atoms with E-state index < -0.39 is 54.1 Å². The fourth-order valence-electron chi connectivity index (χ4n) is 7.96. The fraction of sp³-hybridized carbons (Fsp3) is 0.269. The molecule has 0 aliphatic carbocycles. The Kier molecular flexibility index (Phi) is 17.2. The number of ether oxygens (including phenoxy) is 2. The summed E-state index contributed by atoms with van der Waals surface area (Å²) in [5.74, 6) is -1.64. The number of rotatable bonds is 21. The number of nitrogens with zero attached hydrogens (tertiary/aromatic N) is 2. The first-order valence-corrected chi connectivity index (χ1v) is 22.2. The zero-order valence-electron chi connectivity index (χ0n) is 37.2. The molecule has 0 saturated carbocycles. The second-order valence-corrected chi connectivity index (χ2v) is 16.1. The number of halogens is 1. The van der Waals surface area contributed by atoms with Gasteiger partial charge in [0.2, 0.25) is 17.7 Å². The van der Waals surface area contributed by atoms with Crippen LogP contribution >= 0.6 is 11.6 Å². The maximum atomic E-state index is 15.4. The van der Waals surface area contributed by atoms with Gasteiger partial charge in [-0.3, -0.25) is 19.8 Å². The highest BCUT2D eigenvalue weighted by Crippen LogP contribution is 2.37. The van der Waals surface area contributed by atoms with Crippen LogP contribution in [0.2, 0.25) is 5.02 Å². The van der Waals surface area contributed by atoms with Gasteiger partial charge >= 0.3 is 6.03 Å². The lowest BCUT2D eigenvalue weighted by Crippen LogP contribution is -2.58. The summed E-state index contributed by atoms with van der Waals surface area (Å²) in [4.78, 5) is 58.9. The first-order chi connectivity index (χ1) is 31.5. The number of hydrogen-bond donors (Lipinski definition) is 4. The number of urea groups is 1. The summed E-state index contributed by atoms with van der Waals surface area (Å²) in [5, 5.41) is 12.8. The van der Waals surface area contributed by atoms with Crippen molar-refractivity contribution in [2.75, 3.05) is 26.8 Å². The maximum Gasteiger partial charge on any atom is 0.329 e. The normalized spacial score (nSPS) is 12.4. The number of likely N-dealkylation sites (N-methyl/N-ethyl adjacent to an activating group) is 1. The van der Waals surface area contributed by atoms with Gasteiger partial charge < -0.3 is 30.3 Å². The van der Waals surface area contributed by atoms with Crippen molar-refractivity contribution < 1.29 is 28.7 Å². The van der Waals surface area contributed by atoms with Crippen LogP contribution in [0.1, 0.15) is 55.0 Å². The van der Waals surface area contributed by atoms with E-state index in [0.717, 1.165) is 38.6 Å². The van der Waals surface area contributed by atoms with Crippen LogP contribution in [0.25, 0.3) is 10.8 Å². The van der Waals surface area contributed by atoms with E-state index in [4.69, 9.17) is 21.1 Å². The molecular weight excluding hydrogens is 840 g/mol. The molecule has 0 heterocycles. The van der Waals surface area contributed by atoms with Gasteiger partial charge in [0.1, 0.15) is 11.6 Å². The molecule has 0 aromatic heterocycles. The zero-order valence-corrected chi connectivity index (χ0v) is 38.0. The minimum atomic E-state index is -1.38. The van der Waals surface area contributed by atoms with Gasteiger partial charge in [0.15, 0.2) is 6.29 Å². The number of nitrogens with one attached hydrogen (secondary N) is 4. The molecule has 65 heavy (non-hydrogen) atoms. The molecule has 0 fully saturated rings. The first-order valence-electron chi connectivity index (χ1n) is 21.8. The van der Waals surface area contributed by atoms with Crippen molar-refractivity contribution in [3.8, 4) is 0 Å². The molecule has 6 aromatic rings. The van der Waals surface area contributed by atoms with Crippen LogP contribution in [0.3, 0.4) is 0 Å². The number of amides is 5. The summed E-state index contributed by atoms with van der Waals surface area (Å²) in [6, 6.07) is 47.2. The molecule has 0 saturated heterocycles. The Hall–Kier alpha value is -6.57. The Morgan fingerprint density at radius 2 is 1.22 bits per heavy atom. The number of hydrogen-bond acceptors (Lipinski definition) is 7. The topological polar surface area (TPSA) is 141 Å². The van der Waals surface area contributed by atoms with E-state index in [2.05, 4.69) is 21.4 Å². The van der Waals surface area contributed by atoms with Crippen molar-refractivity contribution in [2.24, 2.45) is 0 Å². The van der Waals surface area contributed by atoms with E-state index in [9.17, 15) is 14.4 Å². The quantitative estimate of drug-likeness (QED) is 0.0327. The van der Waals surface area contributed by atoms with E-state index in [-0.39, 0.29) is 19.6 Å². The van der Waals surface area contributed by atoms with Gasteiger partial charge in [-0.2, -0.15) is 0 Å². The van der Waals surface area contributed by atoms with Crippen LogP contribution in [0.4, 0.5) is 4.79 Å². The third kappa shape index (κ3) is 12.6. The molecular formula is C52H57ClN6O6. The van der Waals surface area contributed by atoms with Crippen LogP contribution in [0.15, 0.2) is 158 Å². The summed E-state index contributed by atoms with van der Waals surface area (Å²) in [6.45, 7) is 6.17. The third-order valence-corrected chi connectivity index (χ3v) is 11.3. The lowest BCUT2D eigenvalue weighted by molar-refractivity contribution is -0.180. The minimum Gasteiger partial charge on any atom is -0.351 e. The standard InChI is InChI=1S/C52H57ClN6O6/c1-5-64-50(65-6-2)37(3)59(35-40-21-18-20-39-19-16-17-28-45(39)40)49(62)46(55-48(61)36-58(4)57-51(63)54-34-38-29-31-44(53)32-30-38)33-47(60)56-52(41-22-10-7-11-23-41,42-24-12-8-13-25-42)43-26-14-9-15-27-43/h7-32,37,46,50H,5-6,33-36H2,1-4H3,(H,55,61)(H,56,60)(H2,54,57,63). The first kappa shape index (κ1) is 47.9. The molecule has 0 aliphatic heterocycles. The number of carbonyl (C=O) groups excluding carboxylic acids is 4. The molecule has 12 nitrogen and oxygen atoms in total. The van der Waals surface area contributed by atoms with E-state index in [1.807, 2.05) is 154 Å². The van der Waals surface area contributed by atoms with E-state index >= 15 is 4.79 Å². The predicted molar refractivity (Wildman–Crippen MR) is 254 cm³/mol. The highest BCUT2D eigenvalue weighted by Gasteiger charge is 2.40. The number of carbonyl (C=O) groups is 4. The monoisotopic (exact) mass is 896 g/mol. The van der Waals surface area contributed by atoms with Gasteiger partial charge in [0.05, 0.1) is 19.0 Å². The lowest BCUT2D eigenvalue weighted by atomic mass is 9.77.